The van der Waals surface area contributed by atoms with Crippen LogP contribution in [-0.4, -0.2) is 23.0 Å². The van der Waals surface area contributed by atoms with Crippen molar-refractivity contribution < 1.29 is 9.32 Å². The minimum Gasteiger partial charge on any atom is -0.360 e. The summed E-state index contributed by atoms with van der Waals surface area (Å²) in [4.78, 5) is 14.6. The van der Waals surface area contributed by atoms with E-state index in [1.165, 1.54) is 0 Å². The maximum atomic E-state index is 13.0. The summed E-state index contributed by atoms with van der Waals surface area (Å²) in [5.74, 6) is 0.284. The van der Waals surface area contributed by atoms with Crippen LogP contribution in [-0.2, 0) is 6.54 Å². The van der Waals surface area contributed by atoms with Crippen LogP contribution >= 0.6 is 23.2 Å². The highest BCUT2D eigenvalue weighted by Crippen LogP contribution is 2.31. The van der Waals surface area contributed by atoms with Gasteiger partial charge in [0.15, 0.2) is 0 Å². The maximum absolute atomic E-state index is 13.0. The second-order valence-corrected chi connectivity index (χ2v) is 6.57. The van der Waals surface area contributed by atoms with Crippen LogP contribution in [0.25, 0.3) is 11.3 Å². The SMILES string of the molecule is Cc1onc(-c2ccccc2Cl)c1C(=O)N(C)Cc1ccc(Cl)cc1. The molecular weight excluding hydrogens is 359 g/mol. The van der Waals surface area contributed by atoms with E-state index in [1.807, 2.05) is 30.3 Å². The second-order valence-electron chi connectivity index (χ2n) is 5.73. The molecule has 3 aromatic rings. The zero-order valence-electron chi connectivity index (χ0n) is 13.8. The molecule has 1 amide bonds. The fraction of sp³-hybridized carbons (Fsp3) is 0.158. The van der Waals surface area contributed by atoms with E-state index in [0.717, 1.165) is 5.56 Å². The largest absolute Gasteiger partial charge is 0.360 e. The molecule has 0 bridgehead atoms. The van der Waals surface area contributed by atoms with Crippen molar-refractivity contribution in [2.75, 3.05) is 7.05 Å². The molecule has 0 unspecified atom stereocenters. The number of benzene rings is 2. The molecule has 0 radical (unpaired) electrons. The Hall–Kier alpha value is -2.30. The first-order chi connectivity index (χ1) is 12.0. The van der Waals surface area contributed by atoms with Gasteiger partial charge in [0, 0.05) is 24.2 Å². The predicted molar refractivity (Wildman–Crippen MR) is 98.9 cm³/mol. The Labute approximate surface area is 155 Å². The number of aryl methyl sites for hydroxylation is 1. The molecule has 0 aliphatic rings. The van der Waals surface area contributed by atoms with Crippen LogP contribution in [0.3, 0.4) is 0 Å². The van der Waals surface area contributed by atoms with Gasteiger partial charge in [0.2, 0.25) is 0 Å². The lowest BCUT2D eigenvalue weighted by atomic mass is 10.0. The standard InChI is InChI=1S/C19H16Cl2N2O2/c1-12-17(18(22-25-12)15-5-3-4-6-16(15)21)19(24)23(2)11-13-7-9-14(20)10-8-13/h3-10H,11H2,1-2H3. The van der Waals surface area contributed by atoms with Gasteiger partial charge >= 0.3 is 0 Å². The quantitative estimate of drug-likeness (QED) is 0.627. The lowest BCUT2D eigenvalue weighted by Crippen LogP contribution is -2.27. The number of hydrogen-bond donors (Lipinski definition) is 0. The van der Waals surface area contributed by atoms with Gasteiger partial charge in [-0.2, -0.15) is 0 Å². The van der Waals surface area contributed by atoms with Crippen molar-refractivity contribution in [3.05, 3.63) is 75.5 Å². The Morgan fingerprint density at radius 3 is 2.48 bits per heavy atom. The number of rotatable bonds is 4. The summed E-state index contributed by atoms with van der Waals surface area (Å²) in [5.41, 5.74) is 2.53. The highest BCUT2D eigenvalue weighted by Gasteiger charge is 2.25. The first kappa shape index (κ1) is 17.5. The molecular formula is C19H16Cl2N2O2. The summed E-state index contributed by atoms with van der Waals surface area (Å²) in [6.45, 7) is 2.17. The van der Waals surface area contributed by atoms with E-state index >= 15 is 0 Å². The van der Waals surface area contributed by atoms with Crippen LogP contribution in [0, 0.1) is 6.92 Å². The molecule has 4 nitrogen and oxygen atoms in total. The minimum atomic E-state index is -0.177. The van der Waals surface area contributed by atoms with E-state index in [-0.39, 0.29) is 5.91 Å². The molecule has 128 valence electrons. The van der Waals surface area contributed by atoms with Crippen LogP contribution in [0.5, 0.6) is 0 Å². The fourth-order valence-electron chi connectivity index (χ4n) is 2.59. The second kappa shape index (κ2) is 7.30. The van der Waals surface area contributed by atoms with Crippen molar-refractivity contribution in [1.82, 2.24) is 10.1 Å². The van der Waals surface area contributed by atoms with Crippen molar-refractivity contribution in [2.24, 2.45) is 0 Å². The summed E-state index contributed by atoms with van der Waals surface area (Å²) < 4.78 is 5.27. The normalized spacial score (nSPS) is 10.7. The third-order valence-corrected chi connectivity index (χ3v) is 4.47. The molecule has 1 aromatic heterocycles. The predicted octanol–water partition coefficient (Wildman–Crippen LogP) is 5.23. The molecule has 0 fully saturated rings. The summed E-state index contributed by atoms with van der Waals surface area (Å²) in [6.07, 6.45) is 0. The van der Waals surface area contributed by atoms with Gasteiger partial charge in [0.05, 0.1) is 5.02 Å². The van der Waals surface area contributed by atoms with Gasteiger partial charge < -0.3 is 9.42 Å². The van der Waals surface area contributed by atoms with Crippen molar-refractivity contribution in [1.29, 1.82) is 0 Å². The van der Waals surface area contributed by atoms with Gasteiger partial charge in [-0.1, -0.05) is 58.7 Å². The van der Waals surface area contributed by atoms with Gasteiger partial charge in [0.25, 0.3) is 5.91 Å². The molecule has 25 heavy (non-hydrogen) atoms. The molecule has 0 atom stereocenters. The van der Waals surface area contributed by atoms with E-state index in [1.54, 1.807) is 37.1 Å². The third-order valence-electron chi connectivity index (χ3n) is 3.89. The maximum Gasteiger partial charge on any atom is 0.259 e. The lowest BCUT2D eigenvalue weighted by molar-refractivity contribution is 0.0784. The number of nitrogens with zero attached hydrogens (tertiary/aromatic N) is 2. The molecule has 0 aliphatic heterocycles. The number of aromatic nitrogens is 1. The Morgan fingerprint density at radius 2 is 1.80 bits per heavy atom. The Kier molecular flexibility index (Phi) is 5.11. The molecule has 0 aliphatic carbocycles. The number of carbonyl (C=O) groups excluding carboxylic acids is 1. The number of halogens is 2. The van der Waals surface area contributed by atoms with Crippen LogP contribution in [0.4, 0.5) is 0 Å². The topological polar surface area (TPSA) is 46.3 Å². The Morgan fingerprint density at radius 1 is 1.12 bits per heavy atom. The van der Waals surface area contributed by atoms with E-state index in [0.29, 0.717) is 39.2 Å². The summed E-state index contributed by atoms with van der Waals surface area (Å²) in [6, 6.07) is 14.6. The third kappa shape index (κ3) is 3.70. The monoisotopic (exact) mass is 374 g/mol. The van der Waals surface area contributed by atoms with Gasteiger partial charge in [0.1, 0.15) is 17.0 Å². The summed E-state index contributed by atoms with van der Waals surface area (Å²) in [5, 5.41) is 5.22. The van der Waals surface area contributed by atoms with Crippen LogP contribution in [0.2, 0.25) is 10.0 Å². The number of carbonyl (C=O) groups is 1. The van der Waals surface area contributed by atoms with Crippen molar-refractivity contribution in [3.8, 4) is 11.3 Å². The number of amides is 1. The van der Waals surface area contributed by atoms with Gasteiger partial charge in [-0.15, -0.1) is 0 Å². The van der Waals surface area contributed by atoms with Gasteiger partial charge in [-0.05, 0) is 30.7 Å². The lowest BCUT2D eigenvalue weighted by Gasteiger charge is -2.17. The summed E-state index contributed by atoms with van der Waals surface area (Å²) in [7, 11) is 1.74. The molecule has 0 saturated heterocycles. The molecule has 1 heterocycles. The molecule has 3 rings (SSSR count). The van der Waals surface area contributed by atoms with Gasteiger partial charge in [-0.25, -0.2) is 0 Å². The molecule has 0 saturated carbocycles. The van der Waals surface area contributed by atoms with E-state index in [2.05, 4.69) is 5.16 Å². The molecule has 6 heteroatoms. The molecule has 2 aromatic carbocycles. The average molecular weight is 375 g/mol. The zero-order chi connectivity index (χ0) is 18.0. The number of hydrogen-bond acceptors (Lipinski definition) is 3. The van der Waals surface area contributed by atoms with E-state index < -0.39 is 0 Å². The first-order valence-electron chi connectivity index (χ1n) is 7.68. The van der Waals surface area contributed by atoms with Crippen molar-refractivity contribution in [2.45, 2.75) is 13.5 Å². The van der Waals surface area contributed by atoms with Crippen LogP contribution < -0.4 is 0 Å². The molecule has 0 spiro atoms. The van der Waals surface area contributed by atoms with Crippen molar-refractivity contribution in [3.63, 3.8) is 0 Å². The average Bonchev–Trinajstić information content (AvgIpc) is 2.98. The highest BCUT2D eigenvalue weighted by atomic mass is 35.5. The fourth-order valence-corrected chi connectivity index (χ4v) is 2.94. The highest BCUT2D eigenvalue weighted by molar-refractivity contribution is 6.33. The van der Waals surface area contributed by atoms with Crippen LogP contribution in [0.1, 0.15) is 21.7 Å². The van der Waals surface area contributed by atoms with Gasteiger partial charge in [-0.3, -0.25) is 4.79 Å². The smallest absolute Gasteiger partial charge is 0.259 e. The Bertz CT molecular complexity index is 904. The van der Waals surface area contributed by atoms with Crippen LogP contribution in [0.15, 0.2) is 53.1 Å². The molecule has 0 N–H and O–H groups in total. The first-order valence-corrected chi connectivity index (χ1v) is 8.44. The van der Waals surface area contributed by atoms with E-state index in [9.17, 15) is 4.79 Å². The van der Waals surface area contributed by atoms with Crippen molar-refractivity contribution >= 4 is 29.1 Å². The van der Waals surface area contributed by atoms with E-state index in [4.69, 9.17) is 27.7 Å². The summed E-state index contributed by atoms with van der Waals surface area (Å²) >= 11 is 12.2. The zero-order valence-corrected chi connectivity index (χ0v) is 15.3. The minimum absolute atomic E-state index is 0.177. The Balaban J connectivity index is 1.91.